The van der Waals surface area contributed by atoms with Gasteiger partial charge in [-0.2, -0.15) is 0 Å². The van der Waals surface area contributed by atoms with Crippen molar-refractivity contribution in [3.8, 4) is 0 Å². The molecule has 0 aliphatic rings. The normalized spacial score (nSPS) is 0.750. The zero-order chi connectivity index (χ0) is 2.00. The molecule has 0 aliphatic heterocycles. The number of rotatable bonds is 0. The van der Waals surface area contributed by atoms with Gasteiger partial charge >= 0.3 is 29.1 Å². The second kappa shape index (κ2) is 19.9. The van der Waals surface area contributed by atoms with Crippen molar-refractivity contribution in [3.05, 3.63) is 0 Å². The zero-order valence-corrected chi connectivity index (χ0v) is 7.59. The molecule has 0 heterocycles. The van der Waals surface area contributed by atoms with E-state index in [2.05, 4.69) is 13.1 Å². The predicted molar refractivity (Wildman–Crippen MR) is 19.1 cm³/mol. The molecular formula is CuGaSSe. The van der Waals surface area contributed by atoms with Crippen molar-refractivity contribution >= 4 is 42.6 Å². The molecule has 26 valence electrons. The zero-order valence-electron chi connectivity index (χ0n) is 1.70. The molecule has 0 saturated heterocycles. The first-order valence-electron chi connectivity index (χ1n) is 0.236. The maximum atomic E-state index is 2.69. The van der Waals surface area contributed by atoms with Gasteiger partial charge in [-0.15, -0.1) is 0 Å². The molecule has 0 fully saturated rings. The van der Waals surface area contributed by atoms with Gasteiger partial charge < -0.3 is 0 Å². The van der Waals surface area contributed by atoms with Gasteiger partial charge in [-0.05, 0) is 0 Å². The molecule has 0 rings (SSSR count). The van der Waals surface area contributed by atoms with Crippen LogP contribution >= 0.6 is 13.5 Å². The van der Waals surface area contributed by atoms with Crippen LogP contribution in [-0.2, 0) is 17.1 Å². The molecule has 0 aliphatic carbocycles. The van der Waals surface area contributed by atoms with Crippen LogP contribution in [0.2, 0.25) is 0 Å². The Balaban J connectivity index is -0.00000000500. The molecule has 0 aromatic rings. The van der Waals surface area contributed by atoms with Crippen molar-refractivity contribution < 1.29 is 17.1 Å². The van der Waals surface area contributed by atoms with Crippen LogP contribution in [-0.4, -0.2) is 29.1 Å². The monoisotopic (exact) mass is 244 g/mol. The molecule has 0 aromatic carbocycles. The molecule has 0 bridgehead atoms. The van der Waals surface area contributed by atoms with Crippen molar-refractivity contribution in [2.75, 3.05) is 0 Å². The summed E-state index contributed by atoms with van der Waals surface area (Å²) < 4.78 is 0. The first kappa shape index (κ1) is 16.6. The fraction of sp³-hybridized carbons (Fsp3) is 0. The molecule has 4 heteroatoms. The van der Waals surface area contributed by atoms with Crippen LogP contribution < -0.4 is 0 Å². The van der Waals surface area contributed by atoms with Crippen LogP contribution in [0.5, 0.6) is 0 Å². The molecule has 0 spiro atoms. The summed E-state index contributed by atoms with van der Waals surface area (Å²) in [4.78, 5) is 0. The van der Waals surface area contributed by atoms with Gasteiger partial charge in [0, 0.05) is 30.6 Å². The van der Waals surface area contributed by atoms with Crippen LogP contribution in [0.3, 0.4) is 0 Å². The Morgan fingerprint density at radius 3 is 1.25 bits per heavy atom. The van der Waals surface area contributed by atoms with Crippen LogP contribution in [0.1, 0.15) is 0 Å². The molecule has 0 nitrogen and oxygen atoms in total. The minimum Gasteiger partial charge on any atom is 0 e. The average Bonchev–Trinajstić information content (AvgIpc) is 1.00. The molecular weight excluding hydrogens is 244 g/mol. The summed E-state index contributed by atoms with van der Waals surface area (Å²) in [5, 5.41) is 0. The van der Waals surface area contributed by atoms with Gasteiger partial charge in [0.2, 0.25) is 0 Å². The molecule has 0 unspecified atom stereocenters. The molecule has 0 aromatic heterocycles. The van der Waals surface area contributed by atoms with Crippen LogP contribution in [0.15, 0.2) is 0 Å². The molecule has 0 N–H and O–H groups in total. The van der Waals surface area contributed by atoms with Gasteiger partial charge in [0.15, 0.2) is 0 Å². The molecule has 4 radical (unpaired) electrons. The van der Waals surface area contributed by atoms with Gasteiger partial charge in [0.1, 0.15) is 0 Å². The van der Waals surface area contributed by atoms with Gasteiger partial charge in [-0.25, -0.2) is 0 Å². The molecule has 0 amide bonds. The Bertz CT molecular complexity index is 8.00. The Morgan fingerprint density at radius 1 is 1.25 bits per heavy atom. The molecule has 0 saturated carbocycles. The van der Waals surface area contributed by atoms with E-state index in [0.717, 1.165) is 0 Å². The Morgan fingerprint density at radius 2 is 1.25 bits per heavy atom. The summed E-state index contributed by atoms with van der Waals surface area (Å²) in [6.07, 6.45) is 0. The molecule has 0 atom stereocenters. The van der Waals surface area contributed by atoms with Gasteiger partial charge in [-0.3, -0.25) is 0 Å². The van der Waals surface area contributed by atoms with E-state index >= 15 is 0 Å². The Hall–Kier alpha value is 2.03. The maximum Gasteiger partial charge on any atom is 0 e. The minimum absolute atomic E-state index is 0. The van der Waals surface area contributed by atoms with Crippen molar-refractivity contribution in [1.29, 1.82) is 0 Å². The Labute approximate surface area is 59.2 Å². The van der Waals surface area contributed by atoms with Gasteiger partial charge in [-0.1, -0.05) is 0 Å². The summed E-state index contributed by atoms with van der Waals surface area (Å²) in [7, 11) is 0. The minimum atomic E-state index is 0. The van der Waals surface area contributed by atoms with E-state index in [1.807, 2.05) is 0 Å². The van der Waals surface area contributed by atoms with E-state index in [0.29, 0.717) is 0 Å². The van der Waals surface area contributed by atoms with E-state index in [1.165, 1.54) is 0 Å². The fourth-order valence-electron chi connectivity index (χ4n) is 0. The fourth-order valence-corrected chi connectivity index (χ4v) is 0. The number of hydrogen-bond donors (Lipinski definition) is 0. The first-order valence-corrected chi connectivity index (χ1v) is 6.36. The van der Waals surface area contributed by atoms with Crippen molar-refractivity contribution in [2.45, 2.75) is 0 Å². The smallest absolute Gasteiger partial charge is 0 e. The Kier molecular flexibility index (Phi) is 82.5. The van der Waals surface area contributed by atoms with Crippen LogP contribution in [0, 0.1) is 0 Å². The number of hydrogen-bond acceptors (Lipinski definition) is 0. The van der Waals surface area contributed by atoms with E-state index in [-0.39, 0.29) is 30.6 Å². The third-order valence-electron chi connectivity index (χ3n) is 0. The van der Waals surface area contributed by atoms with Gasteiger partial charge in [0.05, 0.1) is 0 Å². The summed E-state index contributed by atoms with van der Waals surface area (Å²) in [5.74, 6) is 0. The third kappa shape index (κ3) is 8.98. The average molecular weight is 244 g/mol. The van der Waals surface area contributed by atoms with E-state index in [1.54, 1.807) is 16.0 Å². The second-order valence-electron chi connectivity index (χ2n) is 0. The molecule has 4 heavy (non-hydrogen) atoms. The van der Waals surface area contributed by atoms with E-state index < -0.39 is 0 Å². The largest absolute Gasteiger partial charge is 0 e. The SMILES string of the molecule is [Cu].[Ga]=[Se].[S]. The van der Waals surface area contributed by atoms with Gasteiger partial charge in [0.25, 0.3) is 0 Å². The van der Waals surface area contributed by atoms with Crippen molar-refractivity contribution in [2.24, 2.45) is 0 Å². The van der Waals surface area contributed by atoms with Crippen molar-refractivity contribution in [1.82, 2.24) is 0 Å². The summed E-state index contributed by atoms with van der Waals surface area (Å²) in [5.41, 5.74) is 0. The topological polar surface area (TPSA) is 0 Å². The van der Waals surface area contributed by atoms with Crippen LogP contribution in [0.25, 0.3) is 0 Å². The summed E-state index contributed by atoms with van der Waals surface area (Å²) in [6, 6.07) is 0. The third-order valence-corrected chi connectivity index (χ3v) is 0. The van der Waals surface area contributed by atoms with E-state index in [4.69, 9.17) is 0 Å². The first-order chi connectivity index (χ1) is 1.00. The van der Waals surface area contributed by atoms with Crippen LogP contribution in [0.4, 0.5) is 0 Å². The van der Waals surface area contributed by atoms with Crippen molar-refractivity contribution in [3.63, 3.8) is 0 Å². The predicted octanol–water partition coefficient (Wildman–Crippen LogP) is -0.116. The standard InChI is InChI=1S/Cu.Ga.S.Se. The summed E-state index contributed by atoms with van der Waals surface area (Å²) in [6.45, 7) is 0. The quantitative estimate of drug-likeness (QED) is 0.521. The maximum absolute atomic E-state index is 2.69. The second-order valence-corrected chi connectivity index (χ2v) is 0. The summed E-state index contributed by atoms with van der Waals surface area (Å²) >= 11 is 4.25. The van der Waals surface area contributed by atoms with E-state index in [9.17, 15) is 0 Å².